The standard InChI is InChI=1S/C16H20N2O4S2/c1-2-14-17-11-16(23-14)24(21,22)18-13(8-9-15(19)20)10-12-6-4-3-5-7-12/h3-7,11,13,18H,2,8-10H2,1H3,(H,19,20). The minimum atomic E-state index is -3.70. The number of aliphatic carboxylic acids is 1. The fourth-order valence-corrected chi connectivity index (χ4v) is 4.66. The Hall–Kier alpha value is -1.77. The fourth-order valence-electron chi connectivity index (χ4n) is 2.26. The summed E-state index contributed by atoms with van der Waals surface area (Å²) in [4.78, 5) is 14.9. The maximum atomic E-state index is 12.5. The number of thiazole rings is 1. The number of aromatic nitrogens is 1. The van der Waals surface area contributed by atoms with Crippen LogP contribution in [0, 0.1) is 0 Å². The van der Waals surface area contributed by atoms with Crippen molar-refractivity contribution in [3.05, 3.63) is 47.1 Å². The zero-order valence-corrected chi connectivity index (χ0v) is 14.9. The van der Waals surface area contributed by atoms with Crippen molar-refractivity contribution in [3.8, 4) is 0 Å². The number of hydrogen-bond donors (Lipinski definition) is 2. The molecule has 0 fully saturated rings. The lowest BCUT2D eigenvalue weighted by molar-refractivity contribution is -0.137. The SMILES string of the molecule is CCc1ncc(S(=O)(=O)NC(CCC(=O)O)Cc2ccccc2)s1. The van der Waals surface area contributed by atoms with Crippen LogP contribution in [0.25, 0.3) is 0 Å². The Balaban J connectivity index is 2.15. The van der Waals surface area contributed by atoms with Gasteiger partial charge in [0.2, 0.25) is 0 Å². The van der Waals surface area contributed by atoms with Crippen molar-refractivity contribution in [2.45, 2.75) is 42.9 Å². The largest absolute Gasteiger partial charge is 0.481 e. The Bertz CT molecular complexity index is 772. The van der Waals surface area contributed by atoms with Crippen LogP contribution < -0.4 is 4.72 Å². The van der Waals surface area contributed by atoms with Gasteiger partial charge in [-0.05, 0) is 24.8 Å². The number of nitrogens with one attached hydrogen (secondary N) is 1. The van der Waals surface area contributed by atoms with Gasteiger partial charge in [0.05, 0.1) is 11.2 Å². The summed E-state index contributed by atoms with van der Waals surface area (Å²) in [5, 5.41) is 9.64. The Morgan fingerprint density at radius 3 is 2.62 bits per heavy atom. The molecular formula is C16H20N2O4S2. The van der Waals surface area contributed by atoms with Crippen LogP contribution in [0.5, 0.6) is 0 Å². The van der Waals surface area contributed by atoms with E-state index < -0.39 is 22.0 Å². The second kappa shape index (κ2) is 8.36. The van der Waals surface area contributed by atoms with Crippen LogP contribution in [0.1, 0.15) is 30.3 Å². The molecule has 0 aliphatic heterocycles. The third-order valence-corrected chi connectivity index (χ3v) is 6.58. The van der Waals surface area contributed by atoms with Gasteiger partial charge in [-0.2, -0.15) is 0 Å². The summed E-state index contributed by atoms with van der Waals surface area (Å²) >= 11 is 1.13. The molecule has 0 aliphatic rings. The van der Waals surface area contributed by atoms with Gasteiger partial charge in [0.25, 0.3) is 10.0 Å². The molecule has 0 aliphatic carbocycles. The van der Waals surface area contributed by atoms with Gasteiger partial charge in [-0.25, -0.2) is 18.1 Å². The van der Waals surface area contributed by atoms with Crippen molar-refractivity contribution in [2.24, 2.45) is 0 Å². The van der Waals surface area contributed by atoms with Gasteiger partial charge in [-0.1, -0.05) is 37.3 Å². The summed E-state index contributed by atoms with van der Waals surface area (Å²) in [6, 6.07) is 8.92. The molecule has 130 valence electrons. The summed E-state index contributed by atoms with van der Waals surface area (Å²) in [6.45, 7) is 1.91. The van der Waals surface area contributed by atoms with Crippen LogP contribution >= 0.6 is 11.3 Å². The normalized spacial score (nSPS) is 12.9. The Labute approximate surface area is 145 Å². The molecule has 2 N–H and O–H groups in total. The van der Waals surface area contributed by atoms with Crippen molar-refractivity contribution in [3.63, 3.8) is 0 Å². The van der Waals surface area contributed by atoms with E-state index in [9.17, 15) is 13.2 Å². The summed E-state index contributed by atoms with van der Waals surface area (Å²) in [6.07, 6.45) is 2.59. The third-order valence-electron chi connectivity index (χ3n) is 3.45. The van der Waals surface area contributed by atoms with Crippen LogP contribution in [0.3, 0.4) is 0 Å². The molecule has 6 nitrogen and oxygen atoms in total. The first-order chi connectivity index (χ1) is 11.4. The molecule has 1 aromatic heterocycles. The molecule has 24 heavy (non-hydrogen) atoms. The van der Waals surface area contributed by atoms with Crippen LogP contribution in [0.4, 0.5) is 0 Å². The number of carboxylic acid groups (broad SMARTS) is 1. The first kappa shape index (κ1) is 18.6. The average Bonchev–Trinajstić information content (AvgIpc) is 3.03. The first-order valence-corrected chi connectivity index (χ1v) is 9.93. The Kier molecular flexibility index (Phi) is 6.47. The van der Waals surface area contributed by atoms with E-state index in [2.05, 4.69) is 9.71 Å². The number of hydrogen-bond acceptors (Lipinski definition) is 5. The van der Waals surface area contributed by atoms with Crippen molar-refractivity contribution in [1.82, 2.24) is 9.71 Å². The van der Waals surface area contributed by atoms with Crippen molar-refractivity contribution >= 4 is 27.3 Å². The predicted molar refractivity (Wildman–Crippen MR) is 92.6 cm³/mol. The Morgan fingerprint density at radius 2 is 2.04 bits per heavy atom. The zero-order valence-electron chi connectivity index (χ0n) is 13.3. The molecule has 0 spiro atoms. The van der Waals surface area contributed by atoms with Crippen molar-refractivity contribution in [2.75, 3.05) is 0 Å². The molecule has 0 bridgehead atoms. The molecule has 1 heterocycles. The van der Waals surface area contributed by atoms with E-state index in [-0.39, 0.29) is 17.1 Å². The van der Waals surface area contributed by atoms with Gasteiger partial charge in [0, 0.05) is 12.5 Å². The molecule has 0 saturated heterocycles. The molecule has 0 radical (unpaired) electrons. The molecule has 2 rings (SSSR count). The van der Waals surface area contributed by atoms with E-state index in [1.807, 2.05) is 37.3 Å². The number of benzene rings is 1. The van der Waals surface area contributed by atoms with Gasteiger partial charge >= 0.3 is 5.97 Å². The highest BCUT2D eigenvalue weighted by Crippen LogP contribution is 2.20. The summed E-state index contributed by atoms with van der Waals surface area (Å²) in [5.41, 5.74) is 0.953. The first-order valence-electron chi connectivity index (χ1n) is 7.63. The number of nitrogens with zero attached hydrogens (tertiary/aromatic N) is 1. The summed E-state index contributed by atoms with van der Waals surface area (Å²) < 4.78 is 27.8. The van der Waals surface area contributed by atoms with E-state index in [4.69, 9.17) is 5.11 Å². The molecule has 1 atom stereocenters. The number of aryl methyl sites for hydroxylation is 1. The van der Waals surface area contributed by atoms with Gasteiger partial charge in [-0.15, -0.1) is 11.3 Å². The predicted octanol–water partition coefficient (Wildman–Crippen LogP) is 2.46. The van der Waals surface area contributed by atoms with E-state index >= 15 is 0 Å². The monoisotopic (exact) mass is 368 g/mol. The van der Waals surface area contributed by atoms with Crippen molar-refractivity contribution in [1.29, 1.82) is 0 Å². The van der Waals surface area contributed by atoms with Gasteiger partial charge in [-0.3, -0.25) is 4.79 Å². The maximum absolute atomic E-state index is 12.5. The van der Waals surface area contributed by atoms with Crippen LogP contribution in [0.15, 0.2) is 40.7 Å². The molecular weight excluding hydrogens is 348 g/mol. The molecule has 8 heteroatoms. The van der Waals surface area contributed by atoms with E-state index in [0.29, 0.717) is 12.8 Å². The van der Waals surface area contributed by atoms with Crippen LogP contribution in [0.2, 0.25) is 0 Å². The number of carboxylic acids is 1. The highest BCUT2D eigenvalue weighted by molar-refractivity contribution is 7.91. The summed E-state index contributed by atoms with van der Waals surface area (Å²) in [7, 11) is -3.70. The molecule has 0 saturated carbocycles. The maximum Gasteiger partial charge on any atom is 0.303 e. The minimum Gasteiger partial charge on any atom is -0.481 e. The van der Waals surface area contributed by atoms with Crippen LogP contribution in [-0.4, -0.2) is 30.5 Å². The number of carbonyl (C=O) groups is 1. The van der Waals surface area contributed by atoms with Crippen molar-refractivity contribution < 1.29 is 18.3 Å². The van der Waals surface area contributed by atoms with Crippen LogP contribution in [-0.2, 0) is 27.7 Å². The van der Waals surface area contributed by atoms with E-state index in [0.717, 1.165) is 21.9 Å². The lowest BCUT2D eigenvalue weighted by Gasteiger charge is -2.17. The van der Waals surface area contributed by atoms with E-state index in [1.54, 1.807) is 0 Å². The van der Waals surface area contributed by atoms with Gasteiger partial charge < -0.3 is 5.11 Å². The number of sulfonamides is 1. The Morgan fingerprint density at radius 1 is 1.33 bits per heavy atom. The lowest BCUT2D eigenvalue weighted by atomic mass is 10.0. The average molecular weight is 368 g/mol. The zero-order chi connectivity index (χ0) is 17.6. The summed E-state index contributed by atoms with van der Waals surface area (Å²) in [5.74, 6) is -0.946. The molecule has 1 unspecified atom stereocenters. The van der Waals surface area contributed by atoms with E-state index in [1.165, 1.54) is 6.20 Å². The minimum absolute atomic E-state index is 0.0943. The smallest absolute Gasteiger partial charge is 0.303 e. The van der Waals surface area contributed by atoms with Gasteiger partial charge in [0.15, 0.2) is 4.21 Å². The second-order valence-corrected chi connectivity index (χ2v) is 8.42. The second-order valence-electron chi connectivity index (χ2n) is 5.37. The lowest BCUT2D eigenvalue weighted by Crippen LogP contribution is -2.36. The molecule has 2 aromatic rings. The highest BCUT2D eigenvalue weighted by Gasteiger charge is 2.23. The van der Waals surface area contributed by atoms with Gasteiger partial charge in [0.1, 0.15) is 0 Å². The fraction of sp³-hybridized carbons (Fsp3) is 0.375. The molecule has 0 amide bonds. The number of rotatable bonds is 9. The third kappa shape index (κ3) is 5.40. The highest BCUT2D eigenvalue weighted by atomic mass is 32.2. The molecule has 1 aromatic carbocycles. The topological polar surface area (TPSA) is 96.4 Å². The quantitative estimate of drug-likeness (QED) is 0.709.